The number of thiophene rings is 1. The van der Waals surface area contributed by atoms with Gasteiger partial charge in [-0.2, -0.15) is 5.10 Å². The number of benzene rings is 1. The van der Waals surface area contributed by atoms with Gasteiger partial charge in [0.15, 0.2) is 0 Å². The number of nitrogens with one attached hydrogen (secondary N) is 1. The zero-order valence-corrected chi connectivity index (χ0v) is 26.5. The number of halogens is 2. The third kappa shape index (κ3) is 5.55. The molecule has 1 atom stereocenters. The summed E-state index contributed by atoms with van der Waals surface area (Å²) in [4.78, 5) is 35.9. The van der Waals surface area contributed by atoms with Crippen LogP contribution in [0.4, 0.5) is 8.78 Å². The summed E-state index contributed by atoms with van der Waals surface area (Å²) in [5.41, 5.74) is 4.95. The molecule has 5 aromatic rings. The zero-order valence-electron chi connectivity index (χ0n) is 25.7. The number of rotatable bonds is 8. The van der Waals surface area contributed by atoms with Crippen molar-refractivity contribution in [2.75, 3.05) is 26.9 Å². The maximum Gasteiger partial charge on any atom is 0.246 e. The smallest absolute Gasteiger partial charge is 0.246 e. The molecule has 0 radical (unpaired) electrons. The maximum atomic E-state index is 16.0. The number of carbonyl (C=O) groups excluding carboxylic acids is 2. The van der Waals surface area contributed by atoms with E-state index in [0.29, 0.717) is 58.2 Å². The van der Waals surface area contributed by atoms with Gasteiger partial charge in [-0.3, -0.25) is 19.3 Å². The van der Waals surface area contributed by atoms with E-state index in [-0.39, 0.29) is 48.8 Å². The fraction of sp³-hybridized carbons (Fsp3) is 0.265. The summed E-state index contributed by atoms with van der Waals surface area (Å²) in [7, 11) is 1.51. The number of carbonyl (C=O) groups is 2. The van der Waals surface area contributed by atoms with Gasteiger partial charge >= 0.3 is 0 Å². The van der Waals surface area contributed by atoms with Crippen molar-refractivity contribution < 1.29 is 27.8 Å². The van der Waals surface area contributed by atoms with Crippen molar-refractivity contribution in [3.8, 4) is 39.5 Å². The number of ether oxygens (including phenoxy) is 2. The van der Waals surface area contributed by atoms with Gasteiger partial charge in [0.05, 0.1) is 48.3 Å². The molecule has 0 bridgehead atoms. The largest absolute Gasteiger partial charge is 0.490 e. The number of hydrogen-bond donors (Lipinski definition) is 1. The van der Waals surface area contributed by atoms with Crippen molar-refractivity contribution in [2.45, 2.75) is 32.5 Å². The molecule has 2 aliphatic heterocycles. The van der Waals surface area contributed by atoms with Crippen LogP contribution in [0.1, 0.15) is 29.9 Å². The number of methoxy groups -OCH3 is 1. The Hall–Kier alpha value is -5.01. The van der Waals surface area contributed by atoms with Crippen LogP contribution >= 0.6 is 11.3 Å². The number of nitrogens with zero attached hydrogens (tertiary/aromatic N) is 5. The summed E-state index contributed by atoms with van der Waals surface area (Å²) in [6.07, 6.45) is 3.18. The summed E-state index contributed by atoms with van der Waals surface area (Å²) in [6.45, 7) is 6.97. The molecule has 6 heterocycles. The molecule has 0 fully saturated rings. The predicted molar refractivity (Wildman–Crippen MR) is 173 cm³/mol. The molecule has 0 aliphatic carbocycles. The third-order valence-electron chi connectivity index (χ3n) is 8.36. The van der Waals surface area contributed by atoms with Crippen molar-refractivity contribution in [3.63, 3.8) is 0 Å². The zero-order chi connectivity index (χ0) is 32.8. The first-order chi connectivity index (χ1) is 22.7. The average Bonchev–Trinajstić information content (AvgIpc) is 3.72. The quantitative estimate of drug-likeness (QED) is 0.175. The molecular weight excluding hydrogens is 626 g/mol. The lowest BCUT2D eigenvalue weighted by Gasteiger charge is -2.31. The highest BCUT2D eigenvalue weighted by molar-refractivity contribution is 7.18. The van der Waals surface area contributed by atoms with Crippen LogP contribution in [0.15, 0.2) is 54.6 Å². The van der Waals surface area contributed by atoms with Crippen LogP contribution in [0.2, 0.25) is 0 Å². The van der Waals surface area contributed by atoms with Crippen LogP contribution in [-0.4, -0.2) is 63.3 Å². The monoisotopic (exact) mass is 656 g/mol. The van der Waals surface area contributed by atoms with Gasteiger partial charge in [-0.25, -0.2) is 13.8 Å². The van der Waals surface area contributed by atoms with Gasteiger partial charge in [-0.15, -0.1) is 11.3 Å². The summed E-state index contributed by atoms with van der Waals surface area (Å²) >= 11 is 1.39. The van der Waals surface area contributed by atoms with Crippen molar-refractivity contribution >= 4 is 33.2 Å². The highest BCUT2D eigenvalue weighted by Crippen LogP contribution is 2.47. The van der Waals surface area contributed by atoms with Crippen molar-refractivity contribution in [1.29, 1.82) is 0 Å². The number of aromatic nitrogens is 4. The molecule has 7 rings (SSSR count). The molecule has 0 unspecified atom stereocenters. The lowest BCUT2D eigenvalue weighted by Crippen LogP contribution is -2.39. The van der Waals surface area contributed by atoms with E-state index >= 15 is 4.39 Å². The number of amides is 2. The van der Waals surface area contributed by atoms with E-state index < -0.39 is 11.6 Å². The fourth-order valence-electron chi connectivity index (χ4n) is 6.19. The van der Waals surface area contributed by atoms with Crippen molar-refractivity contribution in [1.82, 2.24) is 30.0 Å². The summed E-state index contributed by atoms with van der Waals surface area (Å²) in [5.74, 6) is -1.85. The molecule has 1 N–H and O–H groups in total. The van der Waals surface area contributed by atoms with Crippen molar-refractivity contribution in [2.24, 2.45) is 0 Å². The second-order valence-corrected chi connectivity index (χ2v) is 12.4. The Kier molecular flexibility index (Phi) is 8.02. The number of pyridine rings is 2. The highest BCUT2D eigenvalue weighted by Gasteiger charge is 2.30. The summed E-state index contributed by atoms with van der Waals surface area (Å²) < 4.78 is 44.2. The van der Waals surface area contributed by atoms with E-state index in [1.807, 2.05) is 35.2 Å². The fourth-order valence-corrected chi connectivity index (χ4v) is 7.14. The molecule has 2 amide bonds. The number of fused-ring (bicyclic) bond motifs is 3. The van der Waals surface area contributed by atoms with E-state index in [2.05, 4.69) is 16.9 Å². The topological polar surface area (TPSA) is 111 Å². The SMILES string of the molecule is C=CC(=O)N1Cc2cc(-c3nc(-c4cnc5c(c4)CNC(=O)C5)c4ccsc4c3-c3c(F)cc(F)cc3OCCOC)nn2[C@@H](C)C1. The Morgan fingerprint density at radius 2 is 2.04 bits per heavy atom. The van der Waals surface area contributed by atoms with Crippen LogP contribution in [0.3, 0.4) is 0 Å². The summed E-state index contributed by atoms with van der Waals surface area (Å²) in [5, 5.41) is 10.4. The van der Waals surface area contributed by atoms with Crippen LogP contribution in [-0.2, 0) is 33.8 Å². The van der Waals surface area contributed by atoms with E-state index in [1.165, 1.54) is 24.5 Å². The van der Waals surface area contributed by atoms with E-state index in [1.54, 1.807) is 11.1 Å². The third-order valence-corrected chi connectivity index (χ3v) is 9.29. The second-order valence-electron chi connectivity index (χ2n) is 11.5. The first-order valence-corrected chi connectivity index (χ1v) is 15.9. The van der Waals surface area contributed by atoms with Gasteiger partial charge in [0, 0.05) is 59.7 Å². The van der Waals surface area contributed by atoms with Crippen LogP contribution in [0.25, 0.3) is 43.9 Å². The first-order valence-electron chi connectivity index (χ1n) is 15.0. The molecule has 1 aromatic carbocycles. The molecule has 0 saturated heterocycles. The minimum absolute atomic E-state index is 0.0105. The minimum atomic E-state index is -0.811. The molecule has 47 heavy (non-hydrogen) atoms. The van der Waals surface area contributed by atoms with Crippen LogP contribution in [0.5, 0.6) is 5.75 Å². The molecule has 2 aliphatic rings. The standard InChI is InChI=1S/C34H30F2N6O4S/c1-4-29(44)41-16-18(2)42-22(17-41)12-26(40-42)33-31(30-24(36)10-21(35)11-27(30)46-7-6-45-3)34-23(5-8-47-34)32(39-33)20-9-19-14-38-28(43)13-25(19)37-15-20/h4-5,8-12,15,18H,1,6-7,13-14,16-17H2,2-3H3,(H,38,43)/t18-/m0/s1. The molecule has 10 nitrogen and oxygen atoms in total. The van der Waals surface area contributed by atoms with Gasteiger partial charge in [0.2, 0.25) is 11.8 Å². The lowest BCUT2D eigenvalue weighted by atomic mass is 9.96. The molecule has 240 valence electrons. The first kappa shape index (κ1) is 30.6. The summed E-state index contributed by atoms with van der Waals surface area (Å²) in [6, 6.07) is 7.55. The number of hydrogen-bond acceptors (Lipinski definition) is 8. The second kappa shape index (κ2) is 12.3. The molecule has 4 aromatic heterocycles. The Morgan fingerprint density at radius 1 is 1.19 bits per heavy atom. The van der Waals surface area contributed by atoms with Gasteiger partial charge in [-0.1, -0.05) is 6.58 Å². The van der Waals surface area contributed by atoms with E-state index in [4.69, 9.17) is 19.6 Å². The van der Waals surface area contributed by atoms with Gasteiger partial charge < -0.3 is 19.7 Å². The predicted octanol–water partition coefficient (Wildman–Crippen LogP) is 5.45. The van der Waals surface area contributed by atoms with Crippen LogP contribution in [0, 0.1) is 11.6 Å². The van der Waals surface area contributed by atoms with Gasteiger partial charge in [0.1, 0.15) is 35.4 Å². The maximum absolute atomic E-state index is 16.0. The minimum Gasteiger partial charge on any atom is -0.490 e. The Labute approximate surface area is 272 Å². The van der Waals surface area contributed by atoms with Gasteiger partial charge in [0.25, 0.3) is 0 Å². The van der Waals surface area contributed by atoms with Crippen LogP contribution < -0.4 is 10.1 Å². The molecule has 13 heteroatoms. The normalized spacial score (nSPS) is 15.7. The Bertz CT molecular complexity index is 2080. The molecule has 0 spiro atoms. The highest BCUT2D eigenvalue weighted by atomic mass is 32.1. The van der Waals surface area contributed by atoms with E-state index in [0.717, 1.165) is 28.8 Å². The Morgan fingerprint density at radius 3 is 2.85 bits per heavy atom. The lowest BCUT2D eigenvalue weighted by molar-refractivity contribution is -0.128. The average molecular weight is 657 g/mol. The van der Waals surface area contributed by atoms with Crippen molar-refractivity contribution in [3.05, 3.63) is 83.1 Å². The van der Waals surface area contributed by atoms with E-state index in [9.17, 15) is 14.0 Å². The van der Waals surface area contributed by atoms with Gasteiger partial charge in [-0.05, 0) is 42.1 Å². The molecular formula is C34H30F2N6O4S. The Balaban J connectivity index is 1.48. The molecule has 0 saturated carbocycles.